The highest BCUT2D eigenvalue weighted by Gasteiger charge is 2.49. The summed E-state index contributed by atoms with van der Waals surface area (Å²) in [5, 5.41) is 94.0. The molecule has 149 heavy (non-hydrogen) atoms. The summed E-state index contributed by atoms with van der Waals surface area (Å²) in [6.07, 6.45) is -0.371. The number of esters is 2. The highest BCUT2D eigenvalue weighted by Crippen LogP contribution is 2.39. The molecule has 0 bridgehead atoms. The molecule has 16 atom stereocenters. The van der Waals surface area contributed by atoms with Crippen LogP contribution in [0.25, 0.3) is 44.7 Å². The minimum Gasteiger partial charge on any atom is -0.464 e. The van der Waals surface area contributed by atoms with Crippen LogP contribution in [-0.2, 0) is 83.7 Å². The van der Waals surface area contributed by atoms with Gasteiger partial charge >= 0.3 is 18.0 Å². The Morgan fingerprint density at radius 3 is 1.04 bits per heavy atom. The molecule has 0 saturated carbocycles. The maximum atomic E-state index is 12.6. The Morgan fingerprint density at radius 2 is 0.698 bits per heavy atom. The van der Waals surface area contributed by atoms with Gasteiger partial charge < -0.3 is 123 Å². The van der Waals surface area contributed by atoms with Crippen LogP contribution in [-0.4, -0.2) is 322 Å². The van der Waals surface area contributed by atoms with Crippen molar-refractivity contribution < 1.29 is 88.5 Å². The number of benzene rings is 4. The predicted molar refractivity (Wildman–Crippen MR) is 568 cm³/mol. The quantitative estimate of drug-likeness (QED) is 0.0132. The SMILES string of the molecule is CC(C)CN(CCNC(=O)Cc1ccc(C(C)(C)C)cc1)C[C@H]1O[C@@H](n2cnc3c(N)ccnc32)[C@H](O)[C@@H]1O.CN(CCCNC(=O)Nc1ccc(C(C)(C)C)cc1)C[C@H]1O[C@@H](n2cnc3c(N)ccnc32)[C@H](O)[C@@H]1O.CN(CCOC(=O)CCc1ccc(C(C)(C)C)cc1)C[C@H]1O[C@@H](n2cnc3c(N)ccnc32)[C@H](O)[C@@H]1O.CN(CCOC(=O)Cc1ccc(C(C)(C)C)cc1)C[C@H]1O[C@@H](n2cnc3c(N)ccnc32)[C@H](O)[C@@H]1O. The molecule has 16 rings (SSSR count). The maximum absolute atomic E-state index is 12.6. The Balaban J connectivity index is 0.000000166. The zero-order valence-electron chi connectivity index (χ0n) is 88.3. The smallest absolute Gasteiger partial charge is 0.319 e. The molecule has 0 radical (unpaired) electrons. The van der Waals surface area contributed by atoms with Gasteiger partial charge in [-0.05, 0) is 143 Å². The number of nitrogens with zero attached hydrogens (tertiary/aromatic N) is 16. The van der Waals surface area contributed by atoms with Crippen LogP contribution in [0.3, 0.4) is 0 Å². The molecule has 4 fully saturated rings. The van der Waals surface area contributed by atoms with Gasteiger partial charge in [-0.3, -0.25) is 37.6 Å². The number of pyridine rings is 4. The van der Waals surface area contributed by atoms with Gasteiger partial charge in [-0.25, -0.2) is 44.7 Å². The van der Waals surface area contributed by atoms with Crippen LogP contribution in [0.15, 0.2) is 171 Å². The van der Waals surface area contributed by atoms with Gasteiger partial charge in [-0.1, -0.05) is 182 Å². The average Bonchev–Trinajstić information content (AvgIpc) is 1.63. The van der Waals surface area contributed by atoms with E-state index in [9.17, 15) is 60.0 Å². The van der Waals surface area contributed by atoms with E-state index in [-0.39, 0.29) is 65.2 Å². The molecule has 4 aliphatic heterocycles. The van der Waals surface area contributed by atoms with Crippen LogP contribution >= 0.6 is 0 Å². The molecule has 4 aliphatic rings. The third kappa shape index (κ3) is 29.7. The number of aliphatic hydroxyl groups excluding tert-OH is 8. The van der Waals surface area contributed by atoms with Crippen LogP contribution in [0.4, 0.5) is 33.2 Å². The third-order valence-corrected chi connectivity index (χ3v) is 27.0. The molecule has 41 nitrogen and oxygen atoms in total. The summed E-state index contributed by atoms with van der Waals surface area (Å²) in [5.74, 6) is -0.210. The first kappa shape index (κ1) is 114. The Labute approximate surface area is 869 Å². The Hall–Kier alpha value is -12.4. The number of hydrogen-bond donors (Lipinski definition) is 15. The Bertz CT molecular complexity index is 6380. The highest BCUT2D eigenvalue weighted by atomic mass is 16.6. The molecular formula is C108H151N23O18. The Morgan fingerprint density at radius 1 is 0.383 bits per heavy atom. The van der Waals surface area contributed by atoms with Crippen molar-refractivity contribution in [1.29, 1.82) is 0 Å². The molecule has 19 N–H and O–H groups in total. The summed E-state index contributed by atoms with van der Waals surface area (Å²) in [7, 11) is 5.58. The number of rotatable bonds is 35. The maximum Gasteiger partial charge on any atom is 0.319 e. The van der Waals surface area contributed by atoms with Gasteiger partial charge in [0.15, 0.2) is 47.5 Å². The minimum absolute atomic E-state index is 0.0330. The van der Waals surface area contributed by atoms with Gasteiger partial charge in [0, 0.05) is 102 Å². The van der Waals surface area contributed by atoms with Crippen molar-refractivity contribution in [3.8, 4) is 0 Å². The van der Waals surface area contributed by atoms with Gasteiger partial charge in [-0.15, -0.1) is 0 Å². The van der Waals surface area contributed by atoms with Crippen LogP contribution in [0.1, 0.15) is 174 Å². The van der Waals surface area contributed by atoms with Gasteiger partial charge in [0.25, 0.3) is 0 Å². The van der Waals surface area contributed by atoms with Crippen molar-refractivity contribution in [2.75, 3.05) is 135 Å². The standard InChI is InChI=1S/C29H42N6O4.C27H37N5O5.C26H37N7O4.C26H35N5O5/c1-18(2)15-34(13-12-31-23(36)14-19-6-8-20(9-7-19)29(3,4)5)16-22-25(37)26(38)28(39-22)35-17-33-24-21(30)10-11-32-27(24)35;1-27(2,3)18-8-5-17(6-9-18)7-10-21(33)36-14-13-31(4)15-20-23(34)24(35)26(37-20)32-16-30-22-19(28)11-12-29-25(22)32;1-26(2,3)16-6-8-17(9-7-16)31-25(36)29-11-5-13-32(4)14-19-21(34)22(35)24(37-19)33-15-30-20-18(27)10-12-28-23(20)33;1-26(2,3)17-7-5-16(6-8-17)13-20(32)35-12-11-30(4)14-19-22(33)23(34)25(36-19)31-15-29-21-18(27)9-10-28-24(21)31/h6-11,17-18,22,25-26,28,37-38H,12-16H2,1-5H3,(H2,30,32)(H,31,36);5-6,8-9,11-12,16,20,23-24,26,34-35H,7,10,13-15H2,1-4H3,(H2,28,29);6-10,12,15,19,21-22,24,34-35H,5,11,13-14H2,1-4H3,(H2,27,28)(H2,29,31,36);5-10,15,19,22-23,25,33-34H,11-14H2,1-4H3,(H2,27,28)/t22-,25-,26-,28-;20-,23-,24-,26-;19-,21-,22-,24-;19-,22-,23-,25-/m1111/s1. The number of nitrogens with two attached hydrogens (primary N) is 4. The van der Waals surface area contributed by atoms with E-state index in [0.717, 1.165) is 28.9 Å². The molecule has 12 aromatic rings. The first-order valence-electron chi connectivity index (χ1n) is 50.7. The summed E-state index contributed by atoms with van der Waals surface area (Å²) >= 11 is 0. The van der Waals surface area contributed by atoms with Crippen LogP contribution < -0.4 is 38.9 Å². The van der Waals surface area contributed by atoms with E-state index < -0.39 is 98.2 Å². The van der Waals surface area contributed by atoms with E-state index in [2.05, 4.69) is 194 Å². The molecule has 4 saturated heterocycles. The van der Waals surface area contributed by atoms with Gasteiger partial charge in [0.05, 0.1) is 60.9 Å². The predicted octanol–water partition coefficient (Wildman–Crippen LogP) is 8.01. The Kier molecular flexibility index (Phi) is 38.2. The topological polar surface area (TPSA) is 561 Å². The minimum atomic E-state index is -1.16. The fourth-order valence-electron chi connectivity index (χ4n) is 18.2. The number of aromatic nitrogens is 12. The molecule has 41 heteroatoms. The number of ether oxygens (including phenoxy) is 6. The highest BCUT2D eigenvalue weighted by molar-refractivity contribution is 5.90. The number of nitrogens with one attached hydrogen (secondary N) is 3. The van der Waals surface area contributed by atoms with E-state index in [0.29, 0.717) is 164 Å². The number of carbonyl (C=O) groups excluding carboxylic acids is 4. The molecule has 8 aromatic heterocycles. The van der Waals surface area contributed by atoms with E-state index >= 15 is 0 Å². The molecule has 12 heterocycles. The zero-order valence-corrected chi connectivity index (χ0v) is 88.3. The van der Waals surface area contributed by atoms with Crippen molar-refractivity contribution in [3.05, 3.63) is 210 Å². The first-order chi connectivity index (χ1) is 70.6. The number of anilines is 5. The number of nitrogen functional groups attached to an aromatic ring is 4. The first-order valence-corrected chi connectivity index (χ1v) is 50.7. The summed E-state index contributed by atoms with van der Waals surface area (Å²) < 4.78 is 41.3. The third-order valence-electron chi connectivity index (χ3n) is 27.0. The van der Waals surface area contributed by atoms with Crippen molar-refractivity contribution >= 4 is 97.0 Å². The zero-order chi connectivity index (χ0) is 108. The second-order valence-electron chi connectivity index (χ2n) is 43.6. The molecular weight excluding hydrogens is 1910 g/mol. The second kappa shape index (κ2) is 50.0. The molecule has 3 amide bonds. The number of aryl methyl sites for hydroxylation is 1. The second-order valence-corrected chi connectivity index (χ2v) is 43.6. The van der Waals surface area contributed by atoms with Crippen LogP contribution in [0.2, 0.25) is 0 Å². The number of aliphatic hydroxyl groups is 8. The number of amides is 3. The fraction of sp³-hybridized carbons (Fsp3) is 0.519. The van der Waals surface area contributed by atoms with Crippen molar-refractivity contribution in [2.24, 2.45) is 5.92 Å². The molecule has 0 aliphatic carbocycles. The van der Waals surface area contributed by atoms with Crippen molar-refractivity contribution in [2.45, 2.75) is 249 Å². The van der Waals surface area contributed by atoms with E-state index in [1.807, 2.05) is 96.5 Å². The monoisotopic (exact) mass is 2060 g/mol. The number of carbonyl (C=O) groups is 4. The lowest BCUT2D eigenvalue weighted by Crippen LogP contribution is -2.44. The van der Waals surface area contributed by atoms with Crippen LogP contribution in [0, 0.1) is 5.92 Å². The fourth-order valence-corrected chi connectivity index (χ4v) is 18.2. The van der Waals surface area contributed by atoms with Gasteiger partial charge in [-0.2, -0.15) is 0 Å². The normalized spacial score (nSPS) is 22.1. The molecule has 0 unspecified atom stereocenters. The van der Waals surface area contributed by atoms with Crippen LogP contribution in [0.5, 0.6) is 0 Å². The lowest BCUT2D eigenvalue weighted by molar-refractivity contribution is -0.144. The number of hydrogen-bond acceptors (Lipinski definition) is 34. The van der Waals surface area contributed by atoms with Crippen molar-refractivity contribution in [3.63, 3.8) is 0 Å². The summed E-state index contributed by atoms with van der Waals surface area (Å²) in [6, 6.07) is 38.7. The summed E-state index contributed by atoms with van der Waals surface area (Å²) in [4.78, 5) is 91.5. The number of fused-ring (bicyclic) bond motifs is 4. The summed E-state index contributed by atoms with van der Waals surface area (Å²) in [5.41, 5.74) is 38.7. The summed E-state index contributed by atoms with van der Waals surface area (Å²) in [6.45, 7) is 35.9. The van der Waals surface area contributed by atoms with Gasteiger partial charge in [0.2, 0.25) is 5.91 Å². The lowest BCUT2D eigenvalue weighted by atomic mass is 9.86. The number of urea groups is 1. The van der Waals surface area contributed by atoms with E-state index in [1.54, 1.807) is 67.3 Å². The number of imidazole rings is 4. The average molecular weight is 2060 g/mol. The largest absolute Gasteiger partial charge is 0.464 e. The van der Waals surface area contributed by atoms with Gasteiger partial charge in [0.1, 0.15) is 109 Å². The molecule has 4 aromatic carbocycles. The van der Waals surface area contributed by atoms with E-state index in [1.165, 1.54) is 47.6 Å². The molecule has 0 spiro atoms. The number of likely N-dealkylation sites (N-methyl/N-ethyl adjacent to an activating group) is 3. The van der Waals surface area contributed by atoms with E-state index in [4.69, 9.17) is 51.4 Å². The lowest BCUT2D eigenvalue weighted by Gasteiger charge is -2.28. The van der Waals surface area contributed by atoms with Crippen molar-refractivity contribution in [1.82, 2.24) is 88.4 Å². The molecule has 806 valence electrons.